The van der Waals surface area contributed by atoms with Gasteiger partial charge in [-0.1, -0.05) is 30.3 Å². The van der Waals surface area contributed by atoms with Crippen LogP contribution >= 0.6 is 23.4 Å². The summed E-state index contributed by atoms with van der Waals surface area (Å²) < 4.78 is 25.1. The molecule has 5 heterocycles. The van der Waals surface area contributed by atoms with Gasteiger partial charge in [0.2, 0.25) is 16.0 Å². The number of nitrogens with zero attached hydrogens (tertiary/aromatic N) is 8. The van der Waals surface area contributed by atoms with Crippen LogP contribution in [-0.2, 0) is 14.8 Å². The summed E-state index contributed by atoms with van der Waals surface area (Å²) in [6, 6.07) is 3.46. The fraction of sp³-hybridized carbons (Fsp3) is 0.500. The second-order valence-electron chi connectivity index (χ2n) is 11.6. The molecule has 1 aliphatic carbocycles. The minimum Gasteiger partial charge on any atom is -0.355 e. The van der Waals surface area contributed by atoms with Gasteiger partial charge in [-0.3, -0.25) is 4.79 Å². The molecular formula is C28H35ClN10O3S2. The van der Waals surface area contributed by atoms with Gasteiger partial charge in [-0.25, -0.2) is 28.4 Å². The zero-order chi connectivity index (χ0) is 31.1. The highest BCUT2D eigenvalue weighted by Gasteiger charge is 2.50. The summed E-state index contributed by atoms with van der Waals surface area (Å²) in [7, 11) is -3.22. The third kappa shape index (κ3) is 6.33. The number of ketones is 1. The second kappa shape index (κ2) is 12.4. The van der Waals surface area contributed by atoms with Crippen molar-refractivity contribution in [3.63, 3.8) is 0 Å². The van der Waals surface area contributed by atoms with E-state index in [1.807, 2.05) is 17.9 Å². The lowest BCUT2D eigenvalue weighted by Gasteiger charge is -2.42. The van der Waals surface area contributed by atoms with Gasteiger partial charge >= 0.3 is 0 Å². The van der Waals surface area contributed by atoms with Crippen LogP contribution in [0.25, 0.3) is 0 Å². The zero-order valence-corrected chi connectivity index (χ0v) is 26.9. The molecule has 0 aromatic carbocycles. The van der Waals surface area contributed by atoms with E-state index in [0.29, 0.717) is 60.2 Å². The van der Waals surface area contributed by atoms with Crippen molar-refractivity contribution in [2.45, 2.75) is 42.1 Å². The lowest BCUT2D eigenvalue weighted by Crippen LogP contribution is -2.48. The van der Waals surface area contributed by atoms with Gasteiger partial charge in [0.05, 0.1) is 23.7 Å². The summed E-state index contributed by atoms with van der Waals surface area (Å²) >= 11 is 8.13. The molecule has 3 aliphatic rings. The molecule has 3 N–H and O–H groups in total. The summed E-state index contributed by atoms with van der Waals surface area (Å²) in [6.45, 7) is 5.29. The Hall–Kier alpha value is -3.11. The minimum atomic E-state index is -3.22. The molecule has 0 radical (unpaired) electrons. The van der Waals surface area contributed by atoms with E-state index in [0.717, 1.165) is 36.6 Å². The van der Waals surface area contributed by atoms with Crippen LogP contribution in [0, 0.1) is 11.3 Å². The Balaban J connectivity index is 1.08. The largest absolute Gasteiger partial charge is 0.355 e. The van der Waals surface area contributed by atoms with Gasteiger partial charge in [0.1, 0.15) is 22.4 Å². The Bertz CT molecular complexity index is 1630. The van der Waals surface area contributed by atoms with Crippen molar-refractivity contribution in [3.05, 3.63) is 41.9 Å². The van der Waals surface area contributed by atoms with E-state index in [-0.39, 0.29) is 23.2 Å². The van der Waals surface area contributed by atoms with Crippen molar-refractivity contribution in [1.29, 1.82) is 0 Å². The maximum atomic E-state index is 12.3. The molecule has 2 atom stereocenters. The number of hydrogen-bond acceptors (Lipinski definition) is 13. The fourth-order valence-electron chi connectivity index (χ4n) is 6.19. The summed E-state index contributed by atoms with van der Waals surface area (Å²) in [5.41, 5.74) is 6.36. The number of hydrogen-bond donors (Lipinski definition) is 2. The topological polar surface area (TPSA) is 163 Å². The summed E-state index contributed by atoms with van der Waals surface area (Å²) in [4.78, 5) is 39.9. The first-order valence-electron chi connectivity index (χ1n) is 14.5. The zero-order valence-electron chi connectivity index (χ0n) is 24.6. The first-order valence-corrected chi connectivity index (χ1v) is 17.5. The van der Waals surface area contributed by atoms with Gasteiger partial charge < -0.3 is 20.9 Å². The Morgan fingerprint density at radius 1 is 1.00 bits per heavy atom. The van der Waals surface area contributed by atoms with Crippen molar-refractivity contribution < 1.29 is 13.2 Å². The molecule has 6 rings (SSSR count). The van der Waals surface area contributed by atoms with Crippen molar-refractivity contribution in [2.24, 2.45) is 17.1 Å². The van der Waals surface area contributed by atoms with Crippen molar-refractivity contribution in [2.75, 3.05) is 60.6 Å². The number of carbonyl (C=O) groups excluding carboxylic acids is 1. The molecule has 3 fully saturated rings. The molecule has 13 nitrogen and oxygen atoms in total. The molecule has 2 aliphatic heterocycles. The molecule has 0 unspecified atom stereocenters. The highest BCUT2D eigenvalue weighted by atomic mass is 35.5. The van der Waals surface area contributed by atoms with E-state index >= 15 is 0 Å². The van der Waals surface area contributed by atoms with Crippen molar-refractivity contribution in [1.82, 2.24) is 29.2 Å². The lowest BCUT2D eigenvalue weighted by molar-refractivity contribution is -0.120. The molecule has 44 heavy (non-hydrogen) atoms. The van der Waals surface area contributed by atoms with Gasteiger partial charge in [0, 0.05) is 74.9 Å². The number of rotatable bonds is 7. The third-order valence-corrected chi connectivity index (χ3v) is 11.7. The van der Waals surface area contributed by atoms with Crippen molar-refractivity contribution >= 4 is 62.6 Å². The van der Waals surface area contributed by atoms with Crippen LogP contribution in [0.3, 0.4) is 0 Å². The number of piperazine rings is 1. The lowest BCUT2D eigenvalue weighted by atomic mass is 9.73. The van der Waals surface area contributed by atoms with Gasteiger partial charge in [0.25, 0.3) is 0 Å². The summed E-state index contributed by atoms with van der Waals surface area (Å²) in [5, 5.41) is 4.29. The number of aromatic nitrogens is 5. The first kappa shape index (κ1) is 30.9. The molecule has 0 amide bonds. The average molecular weight is 659 g/mol. The highest BCUT2D eigenvalue weighted by Crippen LogP contribution is 2.46. The Kier molecular flexibility index (Phi) is 8.67. The maximum Gasteiger partial charge on any atom is 0.227 e. The molecule has 1 spiro atoms. The van der Waals surface area contributed by atoms with Crippen LogP contribution in [0.1, 0.15) is 26.2 Å². The Labute approximate surface area is 266 Å². The van der Waals surface area contributed by atoms with Gasteiger partial charge in [-0.15, -0.1) is 0 Å². The fourth-order valence-corrected chi connectivity index (χ4v) is 8.04. The number of nitrogens with one attached hydrogen (secondary N) is 1. The SMILES string of the molecule is C[C@@H]1C(=O)CC2(CCN(c3cnc(Sc4ccnc(Nc5ccnc(N6CCN(S(C)(=O)=O)CC6)n5)c4Cl)cn3)CC2)[C@H]1N. The summed E-state index contributed by atoms with van der Waals surface area (Å²) in [6.07, 6.45) is 10.4. The van der Waals surface area contributed by atoms with Crippen LogP contribution in [0.4, 0.5) is 23.4 Å². The maximum absolute atomic E-state index is 12.3. The molecular weight excluding hydrogens is 624 g/mol. The van der Waals surface area contributed by atoms with E-state index < -0.39 is 10.0 Å². The molecule has 16 heteroatoms. The predicted octanol–water partition coefficient (Wildman–Crippen LogP) is 2.81. The van der Waals surface area contributed by atoms with Crippen LogP contribution in [0.15, 0.2) is 46.8 Å². The van der Waals surface area contributed by atoms with E-state index in [1.165, 1.54) is 22.3 Å². The number of sulfonamides is 1. The number of anilines is 4. The number of Topliss-reactive ketones (excluding diaryl/α,β-unsaturated/α-hetero) is 1. The van der Waals surface area contributed by atoms with Crippen LogP contribution in [0.2, 0.25) is 5.02 Å². The monoisotopic (exact) mass is 658 g/mol. The summed E-state index contributed by atoms with van der Waals surface area (Å²) in [5.74, 6) is 2.47. The highest BCUT2D eigenvalue weighted by molar-refractivity contribution is 7.99. The van der Waals surface area contributed by atoms with Crippen molar-refractivity contribution in [3.8, 4) is 0 Å². The predicted molar refractivity (Wildman–Crippen MR) is 170 cm³/mol. The van der Waals surface area contributed by atoms with E-state index in [2.05, 4.69) is 35.1 Å². The first-order chi connectivity index (χ1) is 21.0. The quantitative estimate of drug-likeness (QED) is 0.381. The Morgan fingerprint density at radius 2 is 1.73 bits per heavy atom. The normalized spacial score (nSPS) is 22.5. The van der Waals surface area contributed by atoms with Crippen LogP contribution in [-0.4, -0.2) is 95.0 Å². The molecule has 234 valence electrons. The smallest absolute Gasteiger partial charge is 0.227 e. The van der Waals surface area contributed by atoms with Gasteiger partial charge in [-0.05, 0) is 30.4 Å². The number of carbonyl (C=O) groups is 1. The standard InChI is InChI=1S/C28H35ClN10O3S2/c1-18-19(40)15-28(25(18)30)5-9-37(10-6-28)22-16-34-23(17-33-22)43-20-3-7-31-26(24(20)29)35-21-4-8-32-27(36-21)38-11-13-39(14-12-38)44(2,41)42/h3-4,7-8,16-18,25H,5-6,9-15,30H2,1-2H3,(H,31,32,35,36)/t18-,25+/m1/s1. The molecule has 0 bridgehead atoms. The molecule has 2 saturated heterocycles. The average Bonchev–Trinajstić information content (AvgIpc) is 3.22. The van der Waals surface area contributed by atoms with E-state index in [1.54, 1.807) is 30.9 Å². The Morgan fingerprint density at radius 3 is 2.36 bits per heavy atom. The minimum absolute atomic E-state index is 0.0661. The second-order valence-corrected chi connectivity index (χ2v) is 15.0. The van der Waals surface area contributed by atoms with Crippen LogP contribution < -0.4 is 20.9 Å². The molecule has 3 aromatic heterocycles. The van der Waals surface area contributed by atoms with E-state index in [4.69, 9.17) is 17.3 Å². The van der Waals surface area contributed by atoms with Gasteiger partial charge in [0.15, 0.2) is 5.82 Å². The number of pyridine rings is 1. The number of halogens is 1. The molecule has 3 aromatic rings. The molecule has 1 saturated carbocycles. The number of piperidine rings is 1. The van der Waals surface area contributed by atoms with Gasteiger partial charge in [-0.2, -0.15) is 9.29 Å². The van der Waals surface area contributed by atoms with Crippen LogP contribution in [0.5, 0.6) is 0 Å². The number of nitrogens with two attached hydrogens (primary N) is 1. The third-order valence-electron chi connectivity index (χ3n) is 8.93. The van der Waals surface area contributed by atoms with E-state index in [9.17, 15) is 13.2 Å².